The van der Waals surface area contributed by atoms with Crippen LogP contribution in [0.3, 0.4) is 0 Å². The number of aldehydes is 1. The number of nitrogens with two attached hydrogens (primary N) is 1. The fourth-order valence-corrected chi connectivity index (χ4v) is 1.95. The smallest absolute Gasteiger partial charge is 0.133 e. The summed E-state index contributed by atoms with van der Waals surface area (Å²) in [5.41, 5.74) is 6.30. The Morgan fingerprint density at radius 3 is 2.44 bits per heavy atom. The van der Waals surface area contributed by atoms with Crippen LogP contribution >= 0.6 is 23.2 Å². The zero-order chi connectivity index (χ0) is 12.0. The third-order valence-electron chi connectivity index (χ3n) is 2.22. The second kappa shape index (κ2) is 6.86. The minimum atomic E-state index is 0.332. The van der Waals surface area contributed by atoms with Crippen molar-refractivity contribution in [3.05, 3.63) is 33.8 Å². The van der Waals surface area contributed by atoms with E-state index in [0.29, 0.717) is 36.2 Å². The third kappa shape index (κ3) is 3.76. The Balaban J connectivity index is 2.79. The molecule has 88 valence electrons. The van der Waals surface area contributed by atoms with Crippen LogP contribution < -0.4 is 5.73 Å². The number of rotatable bonds is 6. The van der Waals surface area contributed by atoms with Gasteiger partial charge in [0.2, 0.25) is 0 Å². The lowest BCUT2D eigenvalue weighted by Gasteiger charge is -2.20. The van der Waals surface area contributed by atoms with E-state index in [1.54, 1.807) is 18.2 Å². The molecule has 0 heterocycles. The summed E-state index contributed by atoms with van der Waals surface area (Å²) in [6.07, 6.45) is 0.848. The molecule has 0 fully saturated rings. The molecule has 1 aromatic carbocycles. The number of hydrogen-bond acceptors (Lipinski definition) is 3. The van der Waals surface area contributed by atoms with Crippen molar-refractivity contribution in [2.45, 2.75) is 6.54 Å². The van der Waals surface area contributed by atoms with Gasteiger partial charge in [-0.1, -0.05) is 29.3 Å². The maximum atomic E-state index is 10.5. The molecular formula is C11H14Cl2N2O. The molecular weight excluding hydrogens is 247 g/mol. The number of hydrogen-bond donors (Lipinski definition) is 1. The van der Waals surface area contributed by atoms with E-state index >= 15 is 0 Å². The Kier molecular flexibility index (Phi) is 5.77. The van der Waals surface area contributed by atoms with Crippen LogP contribution in [0.15, 0.2) is 18.2 Å². The highest BCUT2D eigenvalue weighted by Crippen LogP contribution is 2.25. The third-order valence-corrected chi connectivity index (χ3v) is 2.93. The van der Waals surface area contributed by atoms with Crippen LogP contribution in [-0.2, 0) is 11.3 Å². The number of benzene rings is 1. The quantitative estimate of drug-likeness (QED) is 0.796. The largest absolute Gasteiger partial charge is 0.329 e. The summed E-state index contributed by atoms with van der Waals surface area (Å²) in [6, 6.07) is 5.36. The molecule has 0 saturated heterocycles. The molecule has 0 saturated carbocycles. The molecule has 0 aromatic heterocycles. The van der Waals surface area contributed by atoms with Crippen molar-refractivity contribution in [3.63, 3.8) is 0 Å². The fraction of sp³-hybridized carbons (Fsp3) is 0.364. The fourth-order valence-electron chi connectivity index (χ4n) is 1.43. The molecule has 1 rings (SSSR count). The second-order valence-electron chi connectivity index (χ2n) is 3.39. The highest BCUT2D eigenvalue weighted by atomic mass is 35.5. The van der Waals surface area contributed by atoms with E-state index < -0.39 is 0 Å². The lowest BCUT2D eigenvalue weighted by molar-refractivity contribution is -0.108. The van der Waals surface area contributed by atoms with Crippen molar-refractivity contribution >= 4 is 29.5 Å². The van der Waals surface area contributed by atoms with Gasteiger partial charge < -0.3 is 10.5 Å². The first-order chi connectivity index (χ1) is 7.69. The van der Waals surface area contributed by atoms with Crippen molar-refractivity contribution in [1.82, 2.24) is 4.90 Å². The van der Waals surface area contributed by atoms with Gasteiger partial charge in [-0.2, -0.15) is 0 Å². The van der Waals surface area contributed by atoms with Crippen LogP contribution in [0.4, 0.5) is 0 Å². The normalized spacial score (nSPS) is 10.8. The lowest BCUT2D eigenvalue weighted by atomic mass is 10.2. The molecule has 0 spiro atoms. The van der Waals surface area contributed by atoms with E-state index in [0.717, 1.165) is 11.8 Å². The molecule has 5 heteroatoms. The molecule has 3 nitrogen and oxygen atoms in total. The van der Waals surface area contributed by atoms with Gasteiger partial charge in [-0.05, 0) is 12.1 Å². The Labute approximate surface area is 105 Å². The summed E-state index contributed by atoms with van der Waals surface area (Å²) < 4.78 is 0. The molecule has 0 atom stereocenters. The molecule has 0 bridgehead atoms. The van der Waals surface area contributed by atoms with E-state index in [1.165, 1.54) is 0 Å². The zero-order valence-electron chi connectivity index (χ0n) is 8.83. The minimum absolute atomic E-state index is 0.332. The van der Waals surface area contributed by atoms with E-state index in [2.05, 4.69) is 0 Å². The van der Waals surface area contributed by atoms with Crippen LogP contribution in [0.1, 0.15) is 5.56 Å². The van der Waals surface area contributed by atoms with Gasteiger partial charge in [0.25, 0.3) is 0 Å². The van der Waals surface area contributed by atoms with Crippen molar-refractivity contribution in [2.75, 3.05) is 19.6 Å². The molecule has 0 amide bonds. The Bertz CT molecular complexity index is 338. The van der Waals surface area contributed by atoms with E-state index in [4.69, 9.17) is 28.9 Å². The predicted octanol–water partition coefficient (Wildman–Crippen LogP) is 1.95. The average molecular weight is 261 g/mol. The van der Waals surface area contributed by atoms with Crippen molar-refractivity contribution in [2.24, 2.45) is 5.73 Å². The van der Waals surface area contributed by atoms with Gasteiger partial charge in [-0.25, -0.2) is 0 Å². The summed E-state index contributed by atoms with van der Waals surface area (Å²) in [6.45, 7) is 2.00. The summed E-state index contributed by atoms with van der Waals surface area (Å²) in [5, 5.41) is 1.22. The van der Waals surface area contributed by atoms with Crippen LogP contribution in [-0.4, -0.2) is 30.8 Å². The minimum Gasteiger partial charge on any atom is -0.329 e. The van der Waals surface area contributed by atoms with E-state index in [1.807, 2.05) is 4.90 Å². The Hall–Kier alpha value is -0.610. The molecule has 0 aliphatic rings. The molecule has 0 aliphatic heterocycles. The predicted molar refractivity (Wildman–Crippen MR) is 66.9 cm³/mol. The summed E-state index contributed by atoms with van der Waals surface area (Å²) >= 11 is 12.1. The first kappa shape index (κ1) is 13.5. The number of carbonyl (C=O) groups is 1. The number of carbonyl (C=O) groups excluding carboxylic acids is 1. The highest BCUT2D eigenvalue weighted by Gasteiger charge is 2.10. The summed E-state index contributed by atoms with van der Waals surface area (Å²) in [7, 11) is 0. The van der Waals surface area contributed by atoms with Crippen LogP contribution in [0, 0.1) is 0 Å². The Morgan fingerprint density at radius 2 is 1.94 bits per heavy atom. The van der Waals surface area contributed by atoms with E-state index in [-0.39, 0.29) is 0 Å². The van der Waals surface area contributed by atoms with Gasteiger partial charge in [0.15, 0.2) is 0 Å². The molecule has 2 N–H and O–H groups in total. The van der Waals surface area contributed by atoms with Gasteiger partial charge in [-0.15, -0.1) is 0 Å². The first-order valence-corrected chi connectivity index (χ1v) is 5.73. The van der Waals surface area contributed by atoms with Crippen LogP contribution in [0.5, 0.6) is 0 Å². The first-order valence-electron chi connectivity index (χ1n) is 4.98. The zero-order valence-corrected chi connectivity index (χ0v) is 10.3. The van der Waals surface area contributed by atoms with Crippen molar-refractivity contribution < 1.29 is 4.79 Å². The highest BCUT2D eigenvalue weighted by molar-refractivity contribution is 6.35. The molecule has 1 aromatic rings. The molecule has 16 heavy (non-hydrogen) atoms. The lowest BCUT2D eigenvalue weighted by Crippen LogP contribution is -2.30. The topological polar surface area (TPSA) is 46.3 Å². The standard InChI is InChI=1S/C11H14Cl2N2O/c12-10-2-1-3-11(13)9(10)8-15(5-4-14)6-7-16/h1-3,7H,4-6,8,14H2. The van der Waals surface area contributed by atoms with E-state index in [9.17, 15) is 4.79 Å². The SMILES string of the molecule is NCCN(CC=O)Cc1c(Cl)cccc1Cl. The maximum absolute atomic E-state index is 10.5. The molecule has 0 aliphatic carbocycles. The molecule has 0 unspecified atom stereocenters. The Morgan fingerprint density at radius 1 is 1.31 bits per heavy atom. The van der Waals surface area contributed by atoms with Crippen molar-refractivity contribution in [1.29, 1.82) is 0 Å². The van der Waals surface area contributed by atoms with Gasteiger partial charge >= 0.3 is 0 Å². The number of halogens is 2. The summed E-state index contributed by atoms with van der Waals surface area (Å²) in [4.78, 5) is 12.4. The number of nitrogens with zero attached hydrogens (tertiary/aromatic N) is 1. The van der Waals surface area contributed by atoms with Gasteiger partial charge in [0.05, 0.1) is 6.54 Å². The van der Waals surface area contributed by atoms with Crippen LogP contribution in [0.2, 0.25) is 10.0 Å². The second-order valence-corrected chi connectivity index (χ2v) is 4.21. The van der Waals surface area contributed by atoms with Crippen molar-refractivity contribution in [3.8, 4) is 0 Å². The van der Waals surface area contributed by atoms with Gasteiger partial charge in [0, 0.05) is 35.2 Å². The molecule has 0 radical (unpaired) electrons. The van der Waals surface area contributed by atoms with Gasteiger partial charge in [-0.3, -0.25) is 4.90 Å². The summed E-state index contributed by atoms with van der Waals surface area (Å²) in [5.74, 6) is 0. The average Bonchev–Trinajstić information content (AvgIpc) is 2.24. The van der Waals surface area contributed by atoms with Gasteiger partial charge in [0.1, 0.15) is 6.29 Å². The van der Waals surface area contributed by atoms with Crippen LogP contribution in [0.25, 0.3) is 0 Å². The maximum Gasteiger partial charge on any atom is 0.133 e. The monoisotopic (exact) mass is 260 g/mol.